The van der Waals surface area contributed by atoms with Crippen LogP contribution in [0.15, 0.2) is 48.5 Å². The number of anilines is 1. The van der Waals surface area contributed by atoms with Crippen molar-refractivity contribution >= 4 is 11.6 Å². The molecule has 0 radical (unpaired) electrons. The van der Waals surface area contributed by atoms with Crippen molar-refractivity contribution in [2.24, 2.45) is 5.73 Å². The van der Waals surface area contributed by atoms with Crippen molar-refractivity contribution in [1.29, 1.82) is 0 Å². The molecule has 1 aliphatic heterocycles. The summed E-state index contributed by atoms with van der Waals surface area (Å²) in [5.41, 5.74) is 7.35. The van der Waals surface area contributed by atoms with E-state index in [4.69, 9.17) is 10.5 Å². The summed E-state index contributed by atoms with van der Waals surface area (Å²) in [6.45, 7) is -0.843. The second-order valence-corrected chi connectivity index (χ2v) is 6.94. The Morgan fingerprint density at radius 1 is 1.17 bits per heavy atom. The second-order valence-electron chi connectivity index (χ2n) is 6.94. The predicted octanol–water partition coefficient (Wildman–Crippen LogP) is 2.52. The Hall–Kier alpha value is -2.87. The molecule has 1 atom stereocenters. The Morgan fingerprint density at radius 2 is 1.93 bits per heavy atom. The van der Waals surface area contributed by atoms with Crippen LogP contribution in [0.2, 0.25) is 0 Å². The summed E-state index contributed by atoms with van der Waals surface area (Å²) in [4.78, 5) is 15.7. The SMILES string of the molecule is COc1ccc(N2CCN(CC(N)=O)C(Cc3ccccc3)C2)cc1OC(F)F. The van der Waals surface area contributed by atoms with Crippen LogP contribution in [-0.2, 0) is 11.2 Å². The number of piperazine rings is 1. The van der Waals surface area contributed by atoms with Gasteiger partial charge in [0, 0.05) is 37.4 Å². The number of nitrogens with zero attached hydrogens (tertiary/aromatic N) is 2. The number of hydrogen-bond donors (Lipinski definition) is 1. The number of hydrogen-bond acceptors (Lipinski definition) is 5. The molecule has 1 heterocycles. The van der Waals surface area contributed by atoms with Crippen molar-refractivity contribution in [1.82, 2.24) is 4.90 Å². The lowest BCUT2D eigenvalue weighted by Crippen LogP contribution is -2.56. The van der Waals surface area contributed by atoms with E-state index in [9.17, 15) is 13.6 Å². The van der Waals surface area contributed by atoms with Gasteiger partial charge in [0.1, 0.15) is 0 Å². The molecule has 2 N–H and O–H groups in total. The number of benzene rings is 2. The fourth-order valence-electron chi connectivity index (χ4n) is 3.67. The van der Waals surface area contributed by atoms with Crippen LogP contribution in [0.1, 0.15) is 5.56 Å². The maximum Gasteiger partial charge on any atom is 0.387 e. The molecular weight excluding hydrogens is 380 g/mol. The number of alkyl halides is 2. The third-order valence-electron chi connectivity index (χ3n) is 5.01. The molecule has 8 heteroatoms. The summed E-state index contributed by atoms with van der Waals surface area (Å²) in [7, 11) is 1.41. The van der Waals surface area contributed by atoms with Crippen LogP contribution in [0.3, 0.4) is 0 Å². The highest BCUT2D eigenvalue weighted by molar-refractivity contribution is 5.76. The van der Waals surface area contributed by atoms with Crippen molar-refractivity contribution < 1.29 is 23.0 Å². The van der Waals surface area contributed by atoms with Crippen LogP contribution in [0.25, 0.3) is 0 Å². The first-order valence-corrected chi connectivity index (χ1v) is 9.40. The van der Waals surface area contributed by atoms with Gasteiger partial charge in [-0.15, -0.1) is 0 Å². The molecule has 156 valence electrons. The van der Waals surface area contributed by atoms with E-state index in [1.807, 2.05) is 36.4 Å². The summed E-state index contributed by atoms with van der Waals surface area (Å²) < 4.78 is 35.2. The molecule has 3 rings (SSSR count). The molecule has 0 bridgehead atoms. The van der Waals surface area contributed by atoms with E-state index in [0.717, 1.165) is 17.7 Å². The van der Waals surface area contributed by atoms with Gasteiger partial charge in [0.15, 0.2) is 11.5 Å². The monoisotopic (exact) mass is 405 g/mol. The number of amides is 1. The molecule has 1 fully saturated rings. The molecule has 1 saturated heterocycles. The third-order valence-corrected chi connectivity index (χ3v) is 5.01. The van der Waals surface area contributed by atoms with E-state index in [-0.39, 0.29) is 30.0 Å². The summed E-state index contributed by atoms with van der Waals surface area (Å²) >= 11 is 0. The van der Waals surface area contributed by atoms with Gasteiger partial charge in [-0.3, -0.25) is 9.69 Å². The highest BCUT2D eigenvalue weighted by Crippen LogP contribution is 2.34. The molecule has 6 nitrogen and oxygen atoms in total. The molecule has 29 heavy (non-hydrogen) atoms. The van der Waals surface area contributed by atoms with Crippen molar-refractivity contribution in [3.05, 3.63) is 54.1 Å². The van der Waals surface area contributed by atoms with Crippen LogP contribution in [0.5, 0.6) is 11.5 Å². The largest absolute Gasteiger partial charge is 0.493 e. The maximum atomic E-state index is 12.7. The third kappa shape index (κ3) is 5.57. The number of carbonyl (C=O) groups is 1. The lowest BCUT2D eigenvalue weighted by Gasteiger charge is -2.42. The molecule has 1 unspecified atom stereocenters. The number of primary amides is 1. The standard InChI is InChI=1S/C21H25F2N3O3/c1-28-18-8-7-16(12-19(18)29-21(22)23)25-9-10-26(14-20(24)27)17(13-25)11-15-5-3-2-4-6-15/h2-8,12,17,21H,9-11,13-14H2,1H3,(H2,24,27). The van der Waals surface area contributed by atoms with E-state index >= 15 is 0 Å². The van der Waals surface area contributed by atoms with Crippen LogP contribution >= 0.6 is 0 Å². The maximum absolute atomic E-state index is 12.7. The van der Waals surface area contributed by atoms with Gasteiger partial charge in [0.2, 0.25) is 5.91 Å². The van der Waals surface area contributed by atoms with E-state index in [0.29, 0.717) is 19.6 Å². The average Bonchev–Trinajstić information content (AvgIpc) is 2.69. The van der Waals surface area contributed by atoms with Crippen molar-refractivity contribution in [2.75, 3.05) is 38.2 Å². The number of rotatable bonds is 8. The lowest BCUT2D eigenvalue weighted by atomic mass is 10.0. The van der Waals surface area contributed by atoms with Gasteiger partial charge in [0.25, 0.3) is 0 Å². The van der Waals surface area contributed by atoms with Crippen LogP contribution in [-0.4, -0.2) is 56.7 Å². The number of ether oxygens (including phenoxy) is 2. The van der Waals surface area contributed by atoms with Gasteiger partial charge in [-0.05, 0) is 24.1 Å². The van der Waals surface area contributed by atoms with E-state index in [2.05, 4.69) is 14.5 Å². The minimum Gasteiger partial charge on any atom is -0.493 e. The summed E-state index contributed by atoms with van der Waals surface area (Å²) in [6, 6.07) is 15.1. The molecule has 0 aliphatic carbocycles. The predicted molar refractivity (Wildman–Crippen MR) is 107 cm³/mol. The number of methoxy groups -OCH3 is 1. The zero-order valence-corrected chi connectivity index (χ0v) is 16.3. The van der Waals surface area contributed by atoms with Gasteiger partial charge in [-0.25, -0.2) is 0 Å². The van der Waals surface area contributed by atoms with E-state index in [1.165, 1.54) is 7.11 Å². The molecular formula is C21H25F2N3O3. The lowest BCUT2D eigenvalue weighted by molar-refractivity contribution is -0.119. The summed E-state index contributed by atoms with van der Waals surface area (Å²) in [5.74, 6) is -0.116. The zero-order chi connectivity index (χ0) is 20.8. The molecule has 2 aromatic rings. The Kier molecular flexibility index (Phi) is 6.87. The number of nitrogens with two attached hydrogens (primary N) is 1. The van der Waals surface area contributed by atoms with Crippen LogP contribution in [0.4, 0.5) is 14.5 Å². The second kappa shape index (κ2) is 9.56. The van der Waals surface area contributed by atoms with Gasteiger partial charge < -0.3 is 20.1 Å². The van der Waals surface area contributed by atoms with Gasteiger partial charge in [0.05, 0.1) is 13.7 Å². The summed E-state index contributed by atoms with van der Waals surface area (Å²) in [5, 5.41) is 0. The van der Waals surface area contributed by atoms with Crippen molar-refractivity contribution in [2.45, 2.75) is 19.1 Å². The summed E-state index contributed by atoms with van der Waals surface area (Å²) in [6.07, 6.45) is 0.751. The molecule has 1 aliphatic rings. The first-order chi connectivity index (χ1) is 14.0. The Morgan fingerprint density at radius 3 is 2.59 bits per heavy atom. The fraction of sp³-hybridized carbons (Fsp3) is 0.381. The van der Waals surface area contributed by atoms with Crippen molar-refractivity contribution in [3.8, 4) is 11.5 Å². The van der Waals surface area contributed by atoms with Crippen molar-refractivity contribution in [3.63, 3.8) is 0 Å². The van der Waals surface area contributed by atoms with E-state index < -0.39 is 6.61 Å². The average molecular weight is 405 g/mol. The topological polar surface area (TPSA) is 68.0 Å². The fourth-order valence-corrected chi connectivity index (χ4v) is 3.67. The Bertz CT molecular complexity index is 820. The quantitative estimate of drug-likeness (QED) is 0.731. The first kappa shape index (κ1) is 20.9. The van der Waals surface area contributed by atoms with Crippen LogP contribution in [0, 0.1) is 0 Å². The van der Waals surface area contributed by atoms with E-state index in [1.54, 1.807) is 12.1 Å². The van der Waals surface area contributed by atoms with Gasteiger partial charge in [-0.2, -0.15) is 8.78 Å². The Labute approximate surface area is 168 Å². The minimum absolute atomic E-state index is 0.000764. The van der Waals surface area contributed by atoms with Crippen LogP contribution < -0.4 is 20.1 Å². The molecule has 0 saturated carbocycles. The highest BCUT2D eigenvalue weighted by atomic mass is 19.3. The Balaban J connectivity index is 1.81. The zero-order valence-electron chi connectivity index (χ0n) is 16.3. The normalized spacial score (nSPS) is 17.4. The number of carbonyl (C=O) groups excluding carboxylic acids is 1. The molecule has 2 aromatic carbocycles. The molecule has 0 spiro atoms. The van der Waals surface area contributed by atoms with Gasteiger partial charge in [-0.1, -0.05) is 30.3 Å². The minimum atomic E-state index is -2.93. The smallest absolute Gasteiger partial charge is 0.387 e. The number of halogens is 2. The molecule has 0 aromatic heterocycles. The highest BCUT2D eigenvalue weighted by Gasteiger charge is 2.29. The van der Waals surface area contributed by atoms with Gasteiger partial charge >= 0.3 is 6.61 Å². The first-order valence-electron chi connectivity index (χ1n) is 9.40. The molecule has 1 amide bonds.